The van der Waals surface area contributed by atoms with Crippen LogP contribution in [0.1, 0.15) is 31.8 Å². The van der Waals surface area contributed by atoms with Crippen LogP contribution in [0.3, 0.4) is 0 Å². The number of ether oxygens (including phenoxy) is 2. The third-order valence-corrected chi connectivity index (χ3v) is 17.2. The number of hydrogen-bond donors (Lipinski definition) is 0. The average molecular weight is 973 g/mol. The normalized spacial score (nSPS) is 13.2. The monoisotopic (exact) mass is 972 g/mol. The summed E-state index contributed by atoms with van der Waals surface area (Å²) in [5.74, 6) is -0.692. The van der Waals surface area contributed by atoms with E-state index in [1.165, 1.54) is 21.9 Å². The molecule has 0 fully saturated rings. The van der Waals surface area contributed by atoms with Crippen LogP contribution in [0.2, 0.25) is 0 Å². The zero-order valence-corrected chi connectivity index (χ0v) is 40.6. The van der Waals surface area contributed by atoms with E-state index in [1.807, 2.05) is 60.7 Å². The van der Waals surface area contributed by atoms with Gasteiger partial charge in [0.2, 0.25) is 0 Å². The number of hydrogen-bond acceptors (Lipinski definition) is 4. The number of esters is 2. The van der Waals surface area contributed by atoms with E-state index in [2.05, 4.69) is 164 Å². The predicted molar refractivity (Wildman–Crippen MR) is 306 cm³/mol. The number of para-hydroxylation sites is 6. The Bertz CT molecular complexity index is 4690. The second kappa shape index (κ2) is 14.5. The van der Waals surface area contributed by atoms with E-state index >= 15 is 0 Å². The number of fused-ring (bicyclic) bond motifs is 21. The highest BCUT2D eigenvalue weighted by molar-refractivity contribution is 6.92. The van der Waals surface area contributed by atoms with Gasteiger partial charge in [-0.3, -0.25) is 0 Å². The average Bonchev–Trinajstić information content (AvgIpc) is 3.31. The van der Waals surface area contributed by atoms with Gasteiger partial charge in [-0.25, -0.2) is 9.59 Å². The van der Waals surface area contributed by atoms with Gasteiger partial charge in [-0.2, -0.15) is 0 Å². The number of carbonyl (C=O) groups excluding carboxylic acids is 2. The highest BCUT2D eigenvalue weighted by Gasteiger charge is 2.47. The van der Waals surface area contributed by atoms with Gasteiger partial charge in [0.05, 0.1) is 44.2 Å². The fourth-order valence-corrected chi connectivity index (χ4v) is 14.4. The summed E-state index contributed by atoms with van der Waals surface area (Å²) in [4.78, 5) is 29.8. The first-order valence-electron chi connectivity index (χ1n) is 26.0. The van der Waals surface area contributed by atoms with E-state index < -0.39 is 0 Å². The summed E-state index contributed by atoms with van der Waals surface area (Å²) in [7, 11) is 0. The maximum atomic E-state index is 14.9. The molecule has 76 heavy (non-hydrogen) atoms. The second-order valence-corrected chi connectivity index (χ2v) is 20.8. The molecule has 8 nitrogen and oxygen atoms in total. The SMILES string of the molecule is O=C(OCc1ccccc1)c1cc2c3c4c1c1ccccc1n4-c1ccccc1B3n1c3c-2cccc3c2c1c1cccc3c1n2B1c2ccccc2-n2c4ccccc4c4c(C(=O)OCc5ccccc5)cc-3c1c42. The summed E-state index contributed by atoms with van der Waals surface area (Å²) in [6.45, 7) is -0.158. The molecule has 0 aliphatic carbocycles. The number of rotatable bonds is 6. The van der Waals surface area contributed by atoms with Crippen molar-refractivity contribution in [1.82, 2.24) is 18.1 Å². The minimum Gasteiger partial charge on any atom is -0.457 e. The van der Waals surface area contributed by atoms with Crippen molar-refractivity contribution in [2.45, 2.75) is 13.2 Å². The van der Waals surface area contributed by atoms with Gasteiger partial charge in [-0.15, -0.1) is 0 Å². The first-order valence-corrected chi connectivity index (χ1v) is 26.0. The Morgan fingerprint density at radius 1 is 0.368 bits per heavy atom. The highest BCUT2D eigenvalue weighted by Crippen LogP contribution is 2.51. The van der Waals surface area contributed by atoms with Crippen LogP contribution in [0.5, 0.6) is 0 Å². The van der Waals surface area contributed by atoms with Crippen molar-refractivity contribution in [1.29, 1.82) is 0 Å². The lowest BCUT2D eigenvalue weighted by Gasteiger charge is -2.34. The third kappa shape index (κ3) is 4.93. The van der Waals surface area contributed by atoms with Gasteiger partial charge in [0.25, 0.3) is 0 Å². The third-order valence-electron chi connectivity index (χ3n) is 17.2. The zero-order chi connectivity index (χ0) is 49.7. The predicted octanol–water partition coefficient (Wildman–Crippen LogP) is 11.6. The Morgan fingerprint density at radius 3 is 1.22 bits per heavy atom. The first-order chi connectivity index (χ1) is 37.6. The van der Waals surface area contributed by atoms with Crippen LogP contribution in [0.25, 0.3) is 110 Å². The van der Waals surface area contributed by atoms with Crippen LogP contribution in [-0.4, -0.2) is 43.7 Å². The number of benzene rings is 10. The van der Waals surface area contributed by atoms with E-state index in [0.29, 0.717) is 11.1 Å². The summed E-state index contributed by atoms with van der Waals surface area (Å²) in [5.41, 5.74) is 22.9. The summed E-state index contributed by atoms with van der Waals surface area (Å²) < 4.78 is 22.6. The maximum Gasteiger partial charge on any atom is 0.339 e. The lowest BCUT2D eigenvalue weighted by Crippen LogP contribution is -2.55. The number of carbonyl (C=O) groups is 2. The van der Waals surface area contributed by atoms with Gasteiger partial charge < -0.3 is 27.6 Å². The molecule has 4 aliphatic rings. The van der Waals surface area contributed by atoms with Crippen molar-refractivity contribution in [2.24, 2.45) is 0 Å². The molecule has 18 rings (SSSR count). The maximum absolute atomic E-state index is 14.9. The van der Waals surface area contributed by atoms with Crippen LogP contribution in [0.15, 0.2) is 206 Å². The molecular formula is C66H38B2N4O4. The Hall–Kier alpha value is -9.79. The van der Waals surface area contributed by atoms with Gasteiger partial charge >= 0.3 is 25.6 Å². The smallest absolute Gasteiger partial charge is 0.339 e. The molecule has 0 saturated heterocycles. The minimum atomic E-state index is -0.346. The molecule has 0 amide bonds. The van der Waals surface area contributed by atoms with Crippen LogP contribution in [-0.2, 0) is 22.7 Å². The molecule has 0 bridgehead atoms. The second-order valence-electron chi connectivity index (χ2n) is 20.8. The van der Waals surface area contributed by atoms with Crippen LogP contribution in [0, 0.1) is 0 Å². The van der Waals surface area contributed by atoms with E-state index in [0.717, 1.165) is 121 Å². The molecule has 4 aliphatic heterocycles. The van der Waals surface area contributed by atoms with Crippen molar-refractivity contribution in [3.8, 4) is 33.6 Å². The van der Waals surface area contributed by atoms with Gasteiger partial charge in [0.1, 0.15) is 13.2 Å². The molecular weight excluding hydrogens is 934 g/mol. The first kappa shape index (κ1) is 40.7. The summed E-state index contributed by atoms with van der Waals surface area (Å²) in [6.07, 6.45) is 0. The van der Waals surface area contributed by atoms with Crippen LogP contribution in [0.4, 0.5) is 0 Å². The zero-order valence-electron chi connectivity index (χ0n) is 40.6. The summed E-state index contributed by atoms with van der Waals surface area (Å²) in [6, 6.07) is 72.2. The fourth-order valence-electron chi connectivity index (χ4n) is 14.4. The Morgan fingerprint density at radius 2 is 0.763 bits per heavy atom. The van der Waals surface area contributed by atoms with Crippen LogP contribution < -0.4 is 21.9 Å². The molecule has 4 aromatic heterocycles. The fraction of sp³-hybridized carbons (Fsp3) is 0.0303. The van der Waals surface area contributed by atoms with Gasteiger partial charge in [0, 0.05) is 65.9 Å². The molecule has 0 saturated carbocycles. The van der Waals surface area contributed by atoms with Gasteiger partial charge in [-0.1, -0.05) is 170 Å². The van der Waals surface area contributed by atoms with E-state index in [4.69, 9.17) is 9.47 Å². The van der Waals surface area contributed by atoms with Gasteiger partial charge in [0.15, 0.2) is 0 Å². The molecule has 0 unspecified atom stereocenters. The van der Waals surface area contributed by atoms with E-state index in [1.54, 1.807) is 0 Å². The lowest BCUT2D eigenvalue weighted by atomic mass is 9.45. The minimum absolute atomic E-state index is 0.172. The van der Waals surface area contributed by atoms with Crippen molar-refractivity contribution in [3.05, 3.63) is 229 Å². The van der Waals surface area contributed by atoms with Crippen LogP contribution >= 0.6 is 0 Å². The van der Waals surface area contributed by atoms with Gasteiger partial charge in [-0.05, 0) is 80.5 Å². The number of aromatic nitrogens is 4. The summed E-state index contributed by atoms with van der Waals surface area (Å²) in [5, 5.41) is 6.11. The van der Waals surface area contributed by atoms with Crippen molar-refractivity contribution < 1.29 is 19.1 Å². The molecule has 8 heterocycles. The quantitative estimate of drug-likeness (QED) is 0.123. The van der Waals surface area contributed by atoms with Crippen molar-refractivity contribution in [2.75, 3.05) is 0 Å². The van der Waals surface area contributed by atoms with E-state index in [9.17, 15) is 9.59 Å². The Kier molecular flexibility index (Phi) is 7.75. The van der Waals surface area contributed by atoms with Crippen molar-refractivity contribution in [3.63, 3.8) is 0 Å². The largest absolute Gasteiger partial charge is 0.457 e. The standard InChI is InChI=1S/C66H38B2N4O4/c73-65(75-35-37-17-3-1-4-18-37)47-33-45-39-23-15-25-43-59(39)71(67-49-27-9-13-31-53(49)69-51-29-11-7-21-41(51)55(47)63(69)57(45)67)62-44-26-16-24-40-46-34-48(66(74)76-36-38-19-5-2-6-20-38)56-42-22-8-12-30-52(42)70-54-32-14-10-28-50(54)68(58(46)64(56)70)72(60(40)44)61(43)62/h1-34H,35-36H2. The molecule has 10 heteroatoms. The number of nitrogens with zero attached hydrogens (tertiary/aromatic N) is 4. The molecule has 0 spiro atoms. The van der Waals surface area contributed by atoms with E-state index in [-0.39, 0.29) is 38.8 Å². The summed E-state index contributed by atoms with van der Waals surface area (Å²) >= 11 is 0. The Balaban J connectivity index is 0.959. The molecule has 352 valence electrons. The van der Waals surface area contributed by atoms with Crippen molar-refractivity contribution >= 4 is 124 Å². The molecule has 0 radical (unpaired) electrons. The Labute approximate surface area is 434 Å². The lowest BCUT2D eigenvalue weighted by molar-refractivity contribution is 0.0466. The molecule has 14 aromatic rings. The molecule has 0 atom stereocenters. The highest BCUT2D eigenvalue weighted by atomic mass is 16.5. The molecule has 0 N–H and O–H groups in total. The topological polar surface area (TPSA) is 72.3 Å². The molecule has 10 aromatic carbocycles.